The van der Waals surface area contributed by atoms with Gasteiger partial charge in [0.1, 0.15) is 5.75 Å². The molecule has 1 aromatic heterocycles. The summed E-state index contributed by atoms with van der Waals surface area (Å²) in [6.07, 6.45) is 2.21. The zero-order valence-electron chi connectivity index (χ0n) is 20.5. The van der Waals surface area contributed by atoms with Crippen LogP contribution in [-0.2, 0) is 11.2 Å². The van der Waals surface area contributed by atoms with Crippen molar-refractivity contribution in [1.82, 2.24) is 4.90 Å². The van der Waals surface area contributed by atoms with Gasteiger partial charge >= 0.3 is 0 Å². The number of hydrogen-bond acceptors (Lipinski definition) is 4. The highest BCUT2D eigenvalue weighted by Gasteiger charge is 2.30. The second-order valence-electron chi connectivity index (χ2n) is 10.3. The van der Waals surface area contributed by atoms with Gasteiger partial charge in [-0.1, -0.05) is 48.5 Å². The molecule has 5 heteroatoms. The van der Waals surface area contributed by atoms with Gasteiger partial charge in [-0.15, -0.1) is 11.3 Å². The fourth-order valence-electron chi connectivity index (χ4n) is 3.41. The number of carbonyl (C=O) groups excluding carboxylic acids is 2. The molecule has 0 saturated heterocycles. The Bertz CT molecular complexity index is 893. The highest BCUT2D eigenvalue weighted by atomic mass is 32.1. The van der Waals surface area contributed by atoms with Crippen LogP contribution in [0.1, 0.15) is 76.5 Å². The summed E-state index contributed by atoms with van der Waals surface area (Å²) in [6, 6.07) is 5.86. The Morgan fingerprint density at radius 3 is 2.10 bits per heavy atom. The molecule has 2 aromatic rings. The van der Waals surface area contributed by atoms with Crippen LogP contribution in [0.3, 0.4) is 0 Å². The molecule has 0 spiro atoms. The average Bonchev–Trinajstić information content (AvgIpc) is 3.03. The lowest BCUT2D eigenvalue weighted by Crippen LogP contribution is -2.35. The number of amides is 1. The van der Waals surface area contributed by atoms with E-state index in [1.807, 2.05) is 43.9 Å². The molecule has 0 aliphatic heterocycles. The number of methoxy groups -OCH3 is 1. The van der Waals surface area contributed by atoms with E-state index in [2.05, 4.69) is 27.7 Å². The van der Waals surface area contributed by atoms with Crippen molar-refractivity contribution in [2.24, 2.45) is 17.3 Å². The summed E-state index contributed by atoms with van der Waals surface area (Å²) in [4.78, 5) is 29.4. The summed E-state index contributed by atoms with van der Waals surface area (Å²) in [5, 5.41) is 0.956. The van der Waals surface area contributed by atoms with Crippen LogP contribution >= 0.6 is 11.3 Å². The van der Waals surface area contributed by atoms with Crippen molar-refractivity contribution in [2.75, 3.05) is 20.2 Å². The maximum atomic E-state index is 13.4. The van der Waals surface area contributed by atoms with Crippen LogP contribution in [0.5, 0.6) is 5.75 Å². The normalized spacial score (nSPS) is 12.1. The number of hydrogen-bond donors (Lipinski definition) is 0. The van der Waals surface area contributed by atoms with Gasteiger partial charge < -0.3 is 9.64 Å². The molecule has 0 aliphatic carbocycles. The third-order valence-corrected chi connectivity index (χ3v) is 6.73. The first-order chi connectivity index (χ1) is 14.4. The Labute approximate surface area is 192 Å². The fraction of sp³-hybridized carbons (Fsp3) is 0.615. The van der Waals surface area contributed by atoms with Crippen LogP contribution in [0.4, 0.5) is 0 Å². The molecule has 0 atom stereocenters. The van der Waals surface area contributed by atoms with Gasteiger partial charge in [-0.2, -0.15) is 0 Å². The summed E-state index contributed by atoms with van der Waals surface area (Å²) in [6.45, 7) is 16.1. The van der Waals surface area contributed by atoms with E-state index < -0.39 is 5.41 Å². The molecule has 1 aromatic carbocycles. The molecule has 0 aliphatic rings. The number of thiophene rings is 1. The van der Waals surface area contributed by atoms with Crippen LogP contribution in [0, 0.1) is 17.3 Å². The van der Waals surface area contributed by atoms with Gasteiger partial charge in [0.2, 0.25) is 5.91 Å². The highest BCUT2D eigenvalue weighted by molar-refractivity contribution is 7.21. The molecule has 0 bridgehead atoms. The van der Waals surface area contributed by atoms with Gasteiger partial charge in [0.05, 0.1) is 18.4 Å². The van der Waals surface area contributed by atoms with Crippen molar-refractivity contribution in [3.63, 3.8) is 0 Å². The van der Waals surface area contributed by atoms with E-state index in [0.717, 1.165) is 47.3 Å². The van der Waals surface area contributed by atoms with Gasteiger partial charge in [-0.05, 0) is 48.4 Å². The molecule has 172 valence electrons. The number of carbonyl (C=O) groups is 2. The second kappa shape index (κ2) is 10.6. The minimum absolute atomic E-state index is 0.0892. The van der Waals surface area contributed by atoms with E-state index in [0.29, 0.717) is 16.7 Å². The van der Waals surface area contributed by atoms with Gasteiger partial charge in [-0.25, -0.2) is 0 Å². The zero-order chi connectivity index (χ0) is 23.3. The summed E-state index contributed by atoms with van der Waals surface area (Å²) in [5.74, 6) is 2.01. The lowest BCUT2D eigenvalue weighted by atomic mass is 9.88. The summed E-state index contributed by atoms with van der Waals surface area (Å²) < 4.78 is 6.44. The number of fused-ring (bicyclic) bond motifs is 1. The minimum atomic E-state index is -0.502. The first-order valence-electron chi connectivity index (χ1n) is 11.4. The number of ketones is 1. The summed E-state index contributed by atoms with van der Waals surface area (Å²) >= 11 is 1.49. The van der Waals surface area contributed by atoms with Crippen molar-refractivity contribution in [3.8, 4) is 5.75 Å². The quantitative estimate of drug-likeness (QED) is 0.387. The smallest absolute Gasteiger partial charge is 0.227 e. The van der Waals surface area contributed by atoms with Crippen LogP contribution < -0.4 is 4.74 Å². The molecule has 4 nitrogen and oxygen atoms in total. The van der Waals surface area contributed by atoms with E-state index in [9.17, 15) is 9.59 Å². The first-order valence-corrected chi connectivity index (χ1v) is 12.2. The molecular formula is C26H39NO3S. The molecule has 2 rings (SSSR count). The van der Waals surface area contributed by atoms with Crippen LogP contribution in [-0.4, -0.2) is 36.8 Å². The Morgan fingerprint density at radius 2 is 1.61 bits per heavy atom. The van der Waals surface area contributed by atoms with Crippen molar-refractivity contribution in [3.05, 3.63) is 28.6 Å². The van der Waals surface area contributed by atoms with Crippen molar-refractivity contribution in [1.29, 1.82) is 0 Å². The van der Waals surface area contributed by atoms with E-state index in [1.165, 1.54) is 11.3 Å². The topological polar surface area (TPSA) is 46.6 Å². The van der Waals surface area contributed by atoms with E-state index in [4.69, 9.17) is 4.74 Å². The molecule has 1 amide bonds. The number of nitrogens with zero attached hydrogens (tertiary/aromatic N) is 1. The van der Waals surface area contributed by atoms with E-state index in [1.54, 1.807) is 7.11 Å². The second-order valence-corrected chi connectivity index (χ2v) is 11.3. The van der Waals surface area contributed by atoms with Gasteiger partial charge in [-0.3, -0.25) is 9.59 Å². The largest absolute Gasteiger partial charge is 0.497 e. The van der Waals surface area contributed by atoms with Crippen molar-refractivity contribution >= 4 is 33.1 Å². The van der Waals surface area contributed by atoms with Crippen molar-refractivity contribution < 1.29 is 14.3 Å². The molecule has 0 saturated carbocycles. The molecule has 1 heterocycles. The third kappa shape index (κ3) is 6.80. The predicted molar refractivity (Wildman–Crippen MR) is 131 cm³/mol. The Hall–Kier alpha value is -1.88. The number of ether oxygens (including phenoxy) is 1. The molecule has 31 heavy (non-hydrogen) atoms. The first kappa shape index (κ1) is 25.4. The predicted octanol–water partition coefficient (Wildman–Crippen LogP) is 6.60. The van der Waals surface area contributed by atoms with Crippen molar-refractivity contribution in [2.45, 2.75) is 67.7 Å². The molecule has 0 radical (unpaired) electrons. The number of benzene rings is 1. The fourth-order valence-corrected chi connectivity index (χ4v) is 4.76. The zero-order valence-corrected chi connectivity index (χ0v) is 21.3. The molecular weight excluding hydrogens is 406 g/mol. The van der Waals surface area contributed by atoms with E-state index >= 15 is 0 Å². The van der Waals surface area contributed by atoms with Gasteiger partial charge in [0, 0.05) is 28.6 Å². The molecule has 0 N–H and O–H groups in total. The number of rotatable bonds is 10. The average molecular weight is 446 g/mol. The summed E-state index contributed by atoms with van der Waals surface area (Å²) in [7, 11) is 1.64. The molecule has 0 unspecified atom stereocenters. The Morgan fingerprint density at radius 1 is 1.03 bits per heavy atom. The Kier molecular flexibility index (Phi) is 8.70. The third-order valence-electron chi connectivity index (χ3n) is 5.52. The Balaban J connectivity index is 2.45. The summed E-state index contributed by atoms with van der Waals surface area (Å²) in [5.41, 5.74) is 0.348. The minimum Gasteiger partial charge on any atom is -0.497 e. The number of Topliss-reactive ketones (excluding diaryl/α,β-unsaturated/α-hetero) is 1. The van der Waals surface area contributed by atoms with Crippen LogP contribution in [0.25, 0.3) is 10.1 Å². The monoisotopic (exact) mass is 445 g/mol. The SMILES string of the molecule is COc1ccc2sc(C(=O)C(C)(C)C)c(CC(=O)N(CCC(C)C)CCC(C)C)c2c1. The standard InChI is InChI=1S/C26H39NO3S/c1-17(2)11-13-27(14-12-18(3)4)23(28)16-21-20-15-19(30-8)9-10-22(20)31-24(21)25(29)26(5,6)7/h9-10,15,17-18H,11-14,16H2,1-8H3. The lowest BCUT2D eigenvalue weighted by Gasteiger charge is -2.25. The van der Waals surface area contributed by atoms with Gasteiger partial charge in [0.15, 0.2) is 5.78 Å². The van der Waals surface area contributed by atoms with E-state index in [-0.39, 0.29) is 18.1 Å². The van der Waals surface area contributed by atoms with Crippen LogP contribution in [0.2, 0.25) is 0 Å². The van der Waals surface area contributed by atoms with Crippen LogP contribution in [0.15, 0.2) is 18.2 Å². The van der Waals surface area contributed by atoms with Gasteiger partial charge in [0.25, 0.3) is 0 Å². The maximum absolute atomic E-state index is 13.4. The molecule has 0 fully saturated rings. The maximum Gasteiger partial charge on any atom is 0.227 e. The highest BCUT2D eigenvalue weighted by Crippen LogP contribution is 2.37. The lowest BCUT2D eigenvalue weighted by molar-refractivity contribution is -0.130.